The van der Waals surface area contributed by atoms with Crippen LogP contribution in [0.1, 0.15) is 17.2 Å². The van der Waals surface area contributed by atoms with E-state index in [0.29, 0.717) is 28.4 Å². The molecule has 0 bridgehead atoms. The first-order valence-corrected chi connectivity index (χ1v) is 9.47. The summed E-state index contributed by atoms with van der Waals surface area (Å²) in [7, 11) is 4.65. The van der Waals surface area contributed by atoms with Crippen LogP contribution in [-0.2, 0) is 0 Å². The first kappa shape index (κ1) is 17.5. The predicted molar refractivity (Wildman–Crippen MR) is 89.5 cm³/mol. The Morgan fingerprint density at radius 2 is 1.61 bits per heavy atom. The van der Waals surface area contributed by atoms with E-state index in [0.717, 1.165) is 4.46 Å². The fraction of sp³-hybridized carbons (Fsp3) is 0.294. The molecule has 124 valence electrons. The second-order valence-electron chi connectivity index (χ2n) is 4.79. The Balaban J connectivity index is 2.46. The number of phenols is 1. The first-order chi connectivity index (χ1) is 11.0. The van der Waals surface area contributed by atoms with Crippen LogP contribution in [0.25, 0.3) is 0 Å². The molecule has 2 aromatic rings. The van der Waals surface area contributed by atoms with E-state index in [4.69, 9.17) is 14.2 Å². The minimum atomic E-state index is -0.882. The summed E-state index contributed by atoms with van der Waals surface area (Å²) in [6.07, 6.45) is -0.882. The molecule has 23 heavy (non-hydrogen) atoms. The van der Waals surface area contributed by atoms with E-state index in [2.05, 4.69) is 5.82 Å². The molecule has 1 unspecified atom stereocenters. The van der Waals surface area contributed by atoms with E-state index in [9.17, 15) is 10.2 Å². The Kier molecular flexibility index (Phi) is 5.77. The van der Waals surface area contributed by atoms with Gasteiger partial charge in [-0.1, -0.05) is 0 Å². The van der Waals surface area contributed by atoms with Gasteiger partial charge in [0.2, 0.25) is 0 Å². The summed E-state index contributed by atoms with van der Waals surface area (Å²) in [6, 6.07) is 8.50. The molecule has 2 rings (SSSR count). The second kappa shape index (κ2) is 7.59. The van der Waals surface area contributed by atoms with Crippen molar-refractivity contribution < 1.29 is 24.4 Å². The van der Waals surface area contributed by atoms with Crippen molar-refractivity contribution in [2.24, 2.45) is 0 Å². The van der Waals surface area contributed by atoms with Gasteiger partial charge in [0.15, 0.2) is 0 Å². The van der Waals surface area contributed by atoms with Crippen LogP contribution >= 0.6 is 0 Å². The van der Waals surface area contributed by atoms with Crippen LogP contribution in [0.15, 0.2) is 30.3 Å². The maximum absolute atomic E-state index is 10.6. The Morgan fingerprint density at radius 1 is 0.913 bits per heavy atom. The van der Waals surface area contributed by atoms with Crippen LogP contribution < -0.4 is 18.7 Å². The molecule has 2 N–H and O–H groups in total. The van der Waals surface area contributed by atoms with E-state index in [-0.39, 0.29) is 20.7 Å². The van der Waals surface area contributed by atoms with E-state index in [1.165, 1.54) is 13.2 Å². The fourth-order valence-corrected chi connectivity index (χ4v) is 3.64. The summed E-state index contributed by atoms with van der Waals surface area (Å²) in [4.78, 5) is 0. The number of aliphatic hydroxyl groups is 1. The van der Waals surface area contributed by atoms with Gasteiger partial charge < -0.3 is 0 Å². The SMILES string of the molecule is COc1ccc(C(O)c2cc(OC)c(OC)c([Se]C)c2)cc1O. The van der Waals surface area contributed by atoms with Crippen molar-refractivity contribution in [1.29, 1.82) is 0 Å². The Morgan fingerprint density at radius 3 is 2.13 bits per heavy atom. The van der Waals surface area contributed by atoms with Crippen molar-refractivity contribution in [1.82, 2.24) is 0 Å². The van der Waals surface area contributed by atoms with Crippen molar-refractivity contribution in [3.05, 3.63) is 41.5 Å². The van der Waals surface area contributed by atoms with Crippen molar-refractivity contribution >= 4 is 19.4 Å². The molecule has 0 saturated carbocycles. The van der Waals surface area contributed by atoms with Gasteiger partial charge in [0, 0.05) is 0 Å². The number of ether oxygens (including phenoxy) is 3. The summed E-state index contributed by atoms with van der Waals surface area (Å²) in [5, 5.41) is 20.5. The molecule has 2 aromatic carbocycles. The molecule has 0 radical (unpaired) electrons. The molecule has 5 nitrogen and oxygen atoms in total. The van der Waals surface area contributed by atoms with E-state index >= 15 is 0 Å². The number of aromatic hydroxyl groups is 1. The summed E-state index contributed by atoms with van der Waals surface area (Å²) in [5.74, 6) is 3.71. The number of hydrogen-bond acceptors (Lipinski definition) is 5. The zero-order valence-electron chi connectivity index (χ0n) is 13.5. The average molecular weight is 383 g/mol. The summed E-state index contributed by atoms with van der Waals surface area (Å²) >= 11 is 0.177. The molecule has 0 heterocycles. The van der Waals surface area contributed by atoms with E-state index < -0.39 is 6.10 Å². The summed E-state index contributed by atoms with van der Waals surface area (Å²) < 4.78 is 16.8. The monoisotopic (exact) mass is 384 g/mol. The third kappa shape index (κ3) is 3.55. The third-order valence-corrected chi connectivity index (χ3v) is 5.08. The number of rotatable bonds is 6. The maximum atomic E-state index is 10.6. The number of hydrogen-bond donors (Lipinski definition) is 2. The fourth-order valence-electron chi connectivity index (χ4n) is 2.33. The quantitative estimate of drug-likeness (QED) is 0.746. The van der Waals surface area contributed by atoms with Crippen LogP contribution in [-0.4, -0.2) is 46.5 Å². The van der Waals surface area contributed by atoms with Gasteiger partial charge in [0.1, 0.15) is 0 Å². The molecule has 0 aliphatic carbocycles. The van der Waals surface area contributed by atoms with Gasteiger partial charge in [-0.3, -0.25) is 0 Å². The molecular formula is C17H20O5Se. The zero-order chi connectivity index (χ0) is 17.0. The molecule has 0 amide bonds. The summed E-state index contributed by atoms with van der Waals surface area (Å²) in [6.45, 7) is 0. The van der Waals surface area contributed by atoms with Crippen molar-refractivity contribution in [3.63, 3.8) is 0 Å². The molecular weight excluding hydrogens is 363 g/mol. The molecule has 0 aliphatic rings. The molecule has 0 fully saturated rings. The Bertz CT molecular complexity index is 662. The normalized spacial score (nSPS) is 11.9. The van der Waals surface area contributed by atoms with Gasteiger partial charge in [-0.05, 0) is 0 Å². The van der Waals surface area contributed by atoms with Gasteiger partial charge in [-0.25, -0.2) is 0 Å². The number of methoxy groups -OCH3 is 3. The molecule has 0 spiro atoms. The molecule has 0 aromatic heterocycles. The molecule has 0 saturated heterocycles. The zero-order valence-corrected chi connectivity index (χ0v) is 15.2. The standard InChI is InChI=1S/C17H20O5Se/c1-20-13-6-5-10(7-12(13)18)16(19)11-8-14(21-2)17(22-3)15(9-11)23-4/h5-9,16,18-19H,1-4H3. The average Bonchev–Trinajstić information content (AvgIpc) is 2.59. The Hall–Kier alpha value is -1.88. The number of benzene rings is 2. The molecule has 0 aliphatic heterocycles. The van der Waals surface area contributed by atoms with Gasteiger partial charge in [0.05, 0.1) is 0 Å². The Labute approximate surface area is 142 Å². The second-order valence-corrected chi connectivity index (χ2v) is 6.57. The van der Waals surface area contributed by atoms with Crippen LogP contribution in [0.2, 0.25) is 5.82 Å². The van der Waals surface area contributed by atoms with Crippen LogP contribution in [0, 0.1) is 0 Å². The number of phenolic OH excluding ortho intramolecular Hbond substituents is 1. The van der Waals surface area contributed by atoms with Crippen LogP contribution in [0.4, 0.5) is 0 Å². The predicted octanol–water partition coefficient (Wildman–Crippen LogP) is 1.88. The van der Waals surface area contributed by atoms with Gasteiger partial charge >= 0.3 is 142 Å². The van der Waals surface area contributed by atoms with Crippen molar-refractivity contribution in [3.8, 4) is 23.0 Å². The van der Waals surface area contributed by atoms with Crippen LogP contribution in [0.5, 0.6) is 23.0 Å². The van der Waals surface area contributed by atoms with Gasteiger partial charge in [-0.15, -0.1) is 0 Å². The molecule has 1 atom stereocenters. The van der Waals surface area contributed by atoms with Crippen molar-refractivity contribution in [2.75, 3.05) is 21.3 Å². The van der Waals surface area contributed by atoms with Crippen molar-refractivity contribution in [2.45, 2.75) is 11.9 Å². The van der Waals surface area contributed by atoms with Gasteiger partial charge in [-0.2, -0.15) is 0 Å². The summed E-state index contributed by atoms with van der Waals surface area (Å²) in [5.41, 5.74) is 1.26. The number of aliphatic hydroxyl groups excluding tert-OH is 1. The molecule has 6 heteroatoms. The van der Waals surface area contributed by atoms with E-state index in [1.54, 1.807) is 32.4 Å². The van der Waals surface area contributed by atoms with Gasteiger partial charge in [0.25, 0.3) is 0 Å². The third-order valence-electron chi connectivity index (χ3n) is 3.52. The van der Waals surface area contributed by atoms with Crippen LogP contribution in [0.3, 0.4) is 0 Å². The minimum absolute atomic E-state index is 0.00976. The first-order valence-electron chi connectivity index (χ1n) is 6.90. The topological polar surface area (TPSA) is 68.2 Å². The van der Waals surface area contributed by atoms with E-state index in [1.807, 2.05) is 6.07 Å².